The lowest BCUT2D eigenvalue weighted by atomic mass is 10.1. The quantitative estimate of drug-likeness (QED) is 0.723. The molecule has 0 bridgehead atoms. The molecule has 0 aliphatic heterocycles. The Labute approximate surface area is 143 Å². The van der Waals surface area contributed by atoms with Crippen LogP contribution in [-0.4, -0.2) is 28.9 Å². The molecule has 24 heavy (non-hydrogen) atoms. The summed E-state index contributed by atoms with van der Waals surface area (Å²) < 4.78 is 2.02. The summed E-state index contributed by atoms with van der Waals surface area (Å²) in [4.78, 5) is 6.53. The molecule has 3 aromatic rings. The van der Waals surface area contributed by atoms with Crippen molar-refractivity contribution in [1.82, 2.24) is 14.8 Å². The lowest BCUT2D eigenvalue weighted by Crippen LogP contribution is -2.10. The van der Waals surface area contributed by atoms with Crippen molar-refractivity contribution in [2.45, 2.75) is 27.2 Å². The summed E-state index contributed by atoms with van der Waals surface area (Å²) in [5, 5.41) is 4.75. The first kappa shape index (κ1) is 16.2. The summed E-state index contributed by atoms with van der Waals surface area (Å²) in [6, 6.07) is 12.8. The predicted molar refractivity (Wildman–Crippen MR) is 100.0 cm³/mol. The minimum Gasteiger partial charge on any atom is -0.363 e. The van der Waals surface area contributed by atoms with E-state index in [2.05, 4.69) is 56.1 Å². The van der Waals surface area contributed by atoms with E-state index in [9.17, 15) is 0 Å². The van der Waals surface area contributed by atoms with Crippen LogP contribution in [0.25, 0.3) is 16.8 Å². The molecule has 0 amide bonds. The summed E-state index contributed by atoms with van der Waals surface area (Å²) >= 11 is 0. The molecular weight excluding hydrogens is 296 g/mol. The van der Waals surface area contributed by atoms with Crippen LogP contribution in [0.3, 0.4) is 0 Å². The van der Waals surface area contributed by atoms with Gasteiger partial charge in [0, 0.05) is 37.1 Å². The second kappa shape index (κ2) is 6.48. The molecule has 0 aliphatic carbocycles. The van der Waals surface area contributed by atoms with Crippen molar-refractivity contribution < 1.29 is 0 Å². The van der Waals surface area contributed by atoms with Gasteiger partial charge in [0.2, 0.25) is 0 Å². The predicted octanol–water partition coefficient (Wildman–Crippen LogP) is 4.18. The Kier molecular flexibility index (Phi) is 4.38. The van der Waals surface area contributed by atoms with E-state index in [1.54, 1.807) is 0 Å². The third-order valence-electron chi connectivity index (χ3n) is 4.38. The van der Waals surface area contributed by atoms with E-state index in [1.807, 2.05) is 35.9 Å². The maximum Gasteiger partial charge on any atom is 0.127 e. The molecule has 4 nitrogen and oxygen atoms in total. The van der Waals surface area contributed by atoms with E-state index in [-0.39, 0.29) is 0 Å². The van der Waals surface area contributed by atoms with Crippen molar-refractivity contribution in [3.8, 4) is 16.8 Å². The molecule has 4 heteroatoms. The zero-order chi connectivity index (χ0) is 17.3. The maximum absolute atomic E-state index is 4.75. The molecule has 0 atom stereocenters. The normalized spacial score (nSPS) is 10.9. The van der Waals surface area contributed by atoms with Gasteiger partial charge < -0.3 is 4.90 Å². The number of rotatable bonds is 4. The first-order valence-corrected chi connectivity index (χ1v) is 8.30. The Morgan fingerprint density at radius 3 is 2.25 bits per heavy atom. The topological polar surface area (TPSA) is 34.0 Å². The number of benzene rings is 1. The first-order valence-electron chi connectivity index (χ1n) is 8.30. The van der Waals surface area contributed by atoms with E-state index < -0.39 is 0 Å². The molecule has 0 fully saturated rings. The SMILES string of the molecule is CCc1ccc(-n2nc(C)c(-c3ccc(N(C)C)nc3)c2C)cc1. The third-order valence-corrected chi connectivity index (χ3v) is 4.38. The number of aromatic nitrogens is 3. The second-order valence-corrected chi connectivity index (χ2v) is 6.28. The largest absolute Gasteiger partial charge is 0.363 e. The number of hydrogen-bond acceptors (Lipinski definition) is 3. The maximum atomic E-state index is 4.75. The van der Waals surface area contributed by atoms with Crippen molar-refractivity contribution >= 4 is 5.82 Å². The van der Waals surface area contributed by atoms with Gasteiger partial charge in [0.25, 0.3) is 0 Å². The van der Waals surface area contributed by atoms with Crippen LogP contribution in [0.1, 0.15) is 23.9 Å². The van der Waals surface area contributed by atoms with Crippen LogP contribution in [-0.2, 0) is 6.42 Å². The molecular formula is C20H24N4. The van der Waals surface area contributed by atoms with Gasteiger partial charge in [-0.15, -0.1) is 0 Å². The first-order chi connectivity index (χ1) is 11.5. The highest BCUT2D eigenvalue weighted by atomic mass is 15.3. The molecule has 0 spiro atoms. The summed E-state index contributed by atoms with van der Waals surface area (Å²) in [7, 11) is 3.99. The number of nitrogens with zero attached hydrogens (tertiary/aromatic N) is 4. The molecule has 0 saturated heterocycles. The highest BCUT2D eigenvalue weighted by Gasteiger charge is 2.15. The van der Waals surface area contributed by atoms with Crippen LogP contribution in [0, 0.1) is 13.8 Å². The Bertz CT molecular complexity index is 827. The van der Waals surface area contributed by atoms with Gasteiger partial charge in [0.05, 0.1) is 11.4 Å². The number of aryl methyl sites for hydroxylation is 2. The zero-order valence-electron chi connectivity index (χ0n) is 15.0. The average molecular weight is 320 g/mol. The fraction of sp³-hybridized carbons (Fsp3) is 0.300. The van der Waals surface area contributed by atoms with Crippen LogP contribution in [0.5, 0.6) is 0 Å². The van der Waals surface area contributed by atoms with E-state index in [4.69, 9.17) is 5.10 Å². The standard InChI is InChI=1S/C20H24N4/c1-6-16-7-10-18(11-8-16)24-15(3)20(14(2)22-24)17-9-12-19(21-13-17)23(4)5/h7-13H,6H2,1-5H3. The van der Waals surface area contributed by atoms with Crippen LogP contribution < -0.4 is 4.90 Å². The number of hydrogen-bond donors (Lipinski definition) is 0. The monoisotopic (exact) mass is 320 g/mol. The van der Waals surface area contributed by atoms with E-state index in [0.29, 0.717) is 0 Å². The minimum absolute atomic E-state index is 0.955. The van der Waals surface area contributed by atoms with Gasteiger partial charge in [-0.05, 0) is 50.1 Å². The number of pyridine rings is 1. The second-order valence-electron chi connectivity index (χ2n) is 6.28. The number of anilines is 1. The lowest BCUT2D eigenvalue weighted by Gasteiger charge is -2.11. The Morgan fingerprint density at radius 2 is 1.71 bits per heavy atom. The smallest absolute Gasteiger partial charge is 0.127 e. The van der Waals surface area contributed by atoms with Crippen LogP contribution >= 0.6 is 0 Å². The van der Waals surface area contributed by atoms with Crippen LogP contribution in [0.2, 0.25) is 0 Å². The molecule has 3 rings (SSSR count). The minimum atomic E-state index is 0.955. The third kappa shape index (κ3) is 2.92. The van der Waals surface area contributed by atoms with Gasteiger partial charge in [0.15, 0.2) is 0 Å². The van der Waals surface area contributed by atoms with Gasteiger partial charge in [-0.2, -0.15) is 5.10 Å². The zero-order valence-corrected chi connectivity index (χ0v) is 15.0. The fourth-order valence-corrected chi connectivity index (χ4v) is 2.98. The van der Waals surface area contributed by atoms with Crippen LogP contribution in [0.4, 0.5) is 5.82 Å². The van der Waals surface area contributed by atoms with Gasteiger partial charge in [-0.25, -0.2) is 9.67 Å². The Morgan fingerprint density at radius 1 is 1.00 bits per heavy atom. The highest BCUT2D eigenvalue weighted by Crippen LogP contribution is 2.29. The summed E-state index contributed by atoms with van der Waals surface area (Å²) in [6.07, 6.45) is 2.98. The molecule has 1 aromatic carbocycles. The molecule has 0 unspecified atom stereocenters. The Hall–Kier alpha value is -2.62. The van der Waals surface area contributed by atoms with E-state index >= 15 is 0 Å². The molecule has 2 heterocycles. The molecule has 124 valence electrons. The highest BCUT2D eigenvalue weighted by molar-refractivity contribution is 5.69. The molecule has 0 radical (unpaired) electrons. The summed E-state index contributed by atoms with van der Waals surface area (Å²) in [5.74, 6) is 0.955. The average Bonchev–Trinajstić information content (AvgIpc) is 2.89. The van der Waals surface area contributed by atoms with Crippen molar-refractivity contribution in [3.63, 3.8) is 0 Å². The van der Waals surface area contributed by atoms with Gasteiger partial charge in [-0.1, -0.05) is 19.1 Å². The molecule has 0 aliphatic rings. The summed E-state index contributed by atoms with van der Waals surface area (Å²) in [6.45, 7) is 6.34. The van der Waals surface area contributed by atoms with Crippen LogP contribution in [0.15, 0.2) is 42.6 Å². The molecule has 0 N–H and O–H groups in total. The van der Waals surface area contributed by atoms with E-state index in [1.165, 1.54) is 5.56 Å². The Balaban J connectivity index is 2.02. The van der Waals surface area contributed by atoms with Crippen molar-refractivity contribution in [3.05, 3.63) is 59.5 Å². The van der Waals surface area contributed by atoms with Gasteiger partial charge in [0.1, 0.15) is 5.82 Å². The van der Waals surface area contributed by atoms with Gasteiger partial charge >= 0.3 is 0 Å². The molecule has 2 aromatic heterocycles. The summed E-state index contributed by atoms with van der Waals surface area (Å²) in [5.41, 5.74) is 6.85. The lowest BCUT2D eigenvalue weighted by molar-refractivity contribution is 0.833. The van der Waals surface area contributed by atoms with Crippen molar-refractivity contribution in [2.24, 2.45) is 0 Å². The fourth-order valence-electron chi connectivity index (χ4n) is 2.98. The van der Waals surface area contributed by atoms with E-state index in [0.717, 1.165) is 40.4 Å². The van der Waals surface area contributed by atoms with Gasteiger partial charge in [-0.3, -0.25) is 0 Å². The van der Waals surface area contributed by atoms with Crippen molar-refractivity contribution in [2.75, 3.05) is 19.0 Å². The molecule has 0 saturated carbocycles. The van der Waals surface area contributed by atoms with Crippen molar-refractivity contribution in [1.29, 1.82) is 0 Å².